The quantitative estimate of drug-likeness (QED) is 0.762. The second-order valence-corrected chi connectivity index (χ2v) is 4.42. The zero-order chi connectivity index (χ0) is 16.0. The van der Waals surface area contributed by atoms with Gasteiger partial charge in [-0.2, -0.15) is 0 Å². The number of hydrogen-bond acceptors (Lipinski definition) is 3. The van der Waals surface area contributed by atoms with Crippen LogP contribution in [-0.2, 0) is 4.79 Å². The first-order valence-electron chi connectivity index (χ1n) is 6.50. The average molecular weight is 293 g/mol. The van der Waals surface area contributed by atoms with Gasteiger partial charge in [-0.05, 0) is 25.5 Å². The van der Waals surface area contributed by atoms with Crippen LogP contribution < -0.4 is 10.6 Å². The standard InChI is InChI=1S/C14H19N3O4/c1-4-17(8-11(18)15-3)14(21)16-12-9(2)6-5-7-10(12)13(19)20/h5-7H,4,8H2,1-3H3,(H,15,18)(H,16,21)(H,19,20). The van der Waals surface area contributed by atoms with Crippen LogP contribution in [-0.4, -0.2) is 48.1 Å². The van der Waals surface area contributed by atoms with E-state index in [1.807, 2.05) is 0 Å². The summed E-state index contributed by atoms with van der Waals surface area (Å²) in [6.07, 6.45) is 0. The van der Waals surface area contributed by atoms with Gasteiger partial charge in [0.05, 0.1) is 11.3 Å². The number of urea groups is 1. The van der Waals surface area contributed by atoms with Gasteiger partial charge in [0.1, 0.15) is 6.54 Å². The second kappa shape index (κ2) is 7.28. The van der Waals surface area contributed by atoms with Gasteiger partial charge in [0, 0.05) is 13.6 Å². The van der Waals surface area contributed by atoms with Gasteiger partial charge in [0.25, 0.3) is 0 Å². The second-order valence-electron chi connectivity index (χ2n) is 4.42. The molecule has 0 aliphatic carbocycles. The Balaban J connectivity index is 2.96. The van der Waals surface area contributed by atoms with Gasteiger partial charge in [-0.15, -0.1) is 0 Å². The van der Waals surface area contributed by atoms with E-state index in [9.17, 15) is 14.4 Å². The number of carboxylic acids is 1. The number of para-hydroxylation sites is 1. The summed E-state index contributed by atoms with van der Waals surface area (Å²) in [6, 6.07) is 4.21. The summed E-state index contributed by atoms with van der Waals surface area (Å²) in [4.78, 5) is 36.0. The summed E-state index contributed by atoms with van der Waals surface area (Å²) in [5, 5.41) is 14.2. The third-order valence-electron chi connectivity index (χ3n) is 3.02. The predicted molar refractivity (Wildman–Crippen MR) is 78.5 cm³/mol. The molecule has 0 radical (unpaired) electrons. The maximum Gasteiger partial charge on any atom is 0.337 e. The Morgan fingerprint density at radius 2 is 1.95 bits per heavy atom. The van der Waals surface area contributed by atoms with E-state index in [0.29, 0.717) is 12.1 Å². The molecule has 0 unspecified atom stereocenters. The number of carboxylic acid groups (broad SMARTS) is 1. The number of carbonyl (C=O) groups excluding carboxylic acids is 2. The van der Waals surface area contributed by atoms with E-state index in [1.54, 1.807) is 26.0 Å². The molecule has 114 valence electrons. The van der Waals surface area contributed by atoms with Crippen molar-refractivity contribution in [2.24, 2.45) is 0 Å². The number of anilines is 1. The van der Waals surface area contributed by atoms with Crippen molar-refractivity contribution in [1.82, 2.24) is 10.2 Å². The molecule has 7 heteroatoms. The Kier molecular flexibility index (Phi) is 5.71. The number of benzene rings is 1. The Bertz CT molecular complexity index is 557. The van der Waals surface area contributed by atoms with Crippen molar-refractivity contribution in [3.05, 3.63) is 29.3 Å². The largest absolute Gasteiger partial charge is 0.478 e. The number of amides is 3. The minimum absolute atomic E-state index is 0.0133. The maximum absolute atomic E-state index is 12.2. The number of aromatic carboxylic acids is 1. The van der Waals surface area contributed by atoms with Crippen molar-refractivity contribution in [2.75, 3.05) is 25.5 Å². The Morgan fingerprint density at radius 1 is 1.29 bits per heavy atom. The van der Waals surface area contributed by atoms with Gasteiger partial charge >= 0.3 is 12.0 Å². The fraction of sp³-hybridized carbons (Fsp3) is 0.357. The SMILES string of the molecule is CCN(CC(=O)NC)C(=O)Nc1c(C)cccc1C(=O)O. The fourth-order valence-corrected chi connectivity index (χ4v) is 1.78. The molecule has 1 rings (SSSR count). The van der Waals surface area contributed by atoms with E-state index >= 15 is 0 Å². The lowest BCUT2D eigenvalue weighted by Crippen LogP contribution is -2.42. The van der Waals surface area contributed by atoms with Gasteiger partial charge in [-0.3, -0.25) is 4.79 Å². The van der Waals surface area contributed by atoms with Crippen LogP contribution in [0.2, 0.25) is 0 Å². The highest BCUT2D eigenvalue weighted by atomic mass is 16.4. The van der Waals surface area contributed by atoms with Crippen LogP contribution in [0.1, 0.15) is 22.8 Å². The van der Waals surface area contributed by atoms with E-state index in [0.717, 1.165) is 0 Å². The van der Waals surface area contributed by atoms with Crippen LogP contribution in [0.5, 0.6) is 0 Å². The summed E-state index contributed by atoms with van der Waals surface area (Å²) in [5.41, 5.74) is 0.893. The van der Waals surface area contributed by atoms with Crippen LogP contribution >= 0.6 is 0 Å². The van der Waals surface area contributed by atoms with Crippen molar-refractivity contribution < 1.29 is 19.5 Å². The maximum atomic E-state index is 12.2. The number of rotatable bonds is 5. The number of aryl methyl sites for hydroxylation is 1. The molecule has 0 aliphatic heterocycles. The minimum Gasteiger partial charge on any atom is -0.478 e. The van der Waals surface area contributed by atoms with Crippen molar-refractivity contribution in [1.29, 1.82) is 0 Å². The average Bonchev–Trinajstić information content (AvgIpc) is 2.45. The van der Waals surface area contributed by atoms with E-state index in [-0.39, 0.29) is 23.7 Å². The summed E-state index contributed by atoms with van der Waals surface area (Å²) >= 11 is 0. The first kappa shape index (κ1) is 16.5. The molecule has 0 aliphatic rings. The Labute approximate surface area is 122 Å². The van der Waals surface area contributed by atoms with E-state index in [1.165, 1.54) is 18.0 Å². The molecule has 0 saturated heterocycles. The third kappa shape index (κ3) is 4.20. The highest BCUT2D eigenvalue weighted by molar-refractivity contribution is 6.01. The zero-order valence-corrected chi connectivity index (χ0v) is 12.3. The van der Waals surface area contributed by atoms with E-state index < -0.39 is 12.0 Å². The zero-order valence-electron chi connectivity index (χ0n) is 12.3. The summed E-state index contributed by atoms with van der Waals surface area (Å²) in [7, 11) is 1.48. The first-order valence-corrected chi connectivity index (χ1v) is 6.50. The molecule has 3 amide bonds. The molecule has 1 aromatic rings. The normalized spacial score (nSPS) is 9.86. The summed E-state index contributed by atoms with van der Waals surface area (Å²) in [6.45, 7) is 3.68. The molecule has 0 atom stereocenters. The number of likely N-dealkylation sites (N-methyl/N-ethyl adjacent to an activating group) is 2. The number of carbonyl (C=O) groups is 3. The summed E-state index contributed by atoms with van der Waals surface area (Å²) in [5.74, 6) is -1.42. The van der Waals surface area contributed by atoms with Crippen molar-refractivity contribution >= 4 is 23.6 Å². The number of nitrogens with zero attached hydrogens (tertiary/aromatic N) is 1. The highest BCUT2D eigenvalue weighted by Gasteiger charge is 2.19. The third-order valence-corrected chi connectivity index (χ3v) is 3.02. The molecule has 3 N–H and O–H groups in total. The van der Waals surface area contributed by atoms with Crippen LogP contribution in [0.4, 0.5) is 10.5 Å². The highest BCUT2D eigenvalue weighted by Crippen LogP contribution is 2.21. The molecule has 0 bridgehead atoms. The topological polar surface area (TPSA) is 98.7 Å². The molecule has 0 saturated carbocycles. The lowest BCUT2D eigenvalue weighted by atomic mass is 10.1. The molecule has 0 heterocycles. The Hall–Kier alpha value is -2.57. The van der Waals surface area contributed by atoms with Crippen LogP contribution in [0.15, 0.2) is 18.2 Å². The van der Waals surface area contributed by atoms with E-state index in [4.69, 9.17) is 5.11 Å². The molecule has 7 nitrogen and oxygen atoms in total. The Morgan fingerprint density at radius 3 is 2.48 bits per heavy atom. The molecule has 0 fully saturated rings. The summed E-state index contributed by atoms with van der Waals surface area (Å²) < 4.78 is 0. The number of nitrogens with one attached hydrogen (secondary N) is 2. The molecular formula is C14H19N3O4. The minimum atomic E-state index is -1.12. The van der Waals surface area contributed by atoms with Crippen LogP contribution in [0, 0.1) is 6.92 Å². The van der Waals surface area contributed by atoms with Crippen molar-refractivity contribution in [3.8, 4) is 0 Å². The molecular weight excluding hydrogens is 274 g/mol. The molecule has 0 spiro atoms. The smallest absolute Gasteiger partial charge is 0.337 e. The van der Waals surface area contributed by atoms with Gasteiger partial charge in [-0.25, -0.2) is 9.59 Å². The molecule has 1 aromatic carbocycles. The van der Waals surface area contributed by atoms with Gasteiger partial charge < -0.3 is 20.6 Å². The van der Waals surface area contributed by atoms with Gasteiger partial charge in [0.15, 0.2) is 0 Å². The van der Waals surface area contributed by atoms with Gasteiger partial charge in [-0.1, -0.05) is 12.1 Å². The lowest BCUT2D eigenvalue weighted by Gasteiger charge is -2.21. The first-order chi connectivity index (χ1) is 9.90. The fourth-order valence-electron chi connectivity index (χ4n) is 1.78. The van der Waals surface area contributed by atoms with Crippen molar-refractivity contribution in [3.63, 3.8) is 0 Å². The molecule has 0 aromatic heterocycles. The van der Waals surface area contributed by atoms with Gasteiger partial charge in [0.2, 0.25) is 5.91 Å². The monoisotopic (exact) mass is 293 g/mol. The van der Waals surface area contributed by atoms with E-state index in [2.05, 4.69) is 10.6 Å². The predicted octanol–water partition coefficient (Wildman–Crippen LogP) is 1.29. The van der Waals surface area contributed by atoms with Crippen LogP contribution in [0.3, 0.4) is 0 Å². The molecule has 21 heavy (non-hydrogen) atoms. The number of hydrogen-bond donors (Lipinski definition) is 3. The van der Waals surface area contributed by atoms with Crippen LogP contribution in [0.25, 0.3) is 0 Å². The lowest BCUT2D eigenvalue weighted by molar-refractivity contribution is -0.121. The van der Waals surface area contributed by atoms with Crippen molar-refractivity contribution in [2.45, 2.75) is 13.8 Å².